The summed E-state index contributed by atoms with van der Waals surface area (Å²) in [6.07, 6.45) is 0.292. The fourth-order valence-electron chi connectivity index (χ4n) is 0.986. The van der Waals surface area contributed by atoms with E-state index in [4.69, 9.17) is 11.6 Å². The number of hydrogen-bond acceptors (Lipinski definition) is 2. The van der Waals surface area contributed by atoms with Gasteiger partial charge in [0.15, 0.2) is 0 Å². The maximum absolute atomic E-state index is 12.8. The Hall–Kier alpha value is -0.800. The summed E-state index contributed by atoms with van der Waals surface area (Å²) in [4.78, 5) is 0. The van der Waals surface area contributed by atoms with E-state index in [9.17, 15) is 9.50 Å². The molecule has 0 radical (unpaired) electrons. The van der Waals surface area contributed by atoms with Crippen LogP contribution in [-0.4, -0.2) is 17.8 Å². The molecule has 14 heavy (non-hydrogen) atoms. The maximum atomic E-state index is 12.8. The van der Waals surface area contributed by atoms with Gasteiger partial charge in [0.05, 0.1) is 11.1 Å². The molecule has 4 heteroatoms. The number of nitrogens with one attached hydrogen (secondary N) is 1. The van der Waals surface area contributed by atoms with Gasteiger partial charge in [-0.25, -0.2) is 4.39 Å². The minimum atomic E-state index is -0.437. The van der Waals surface area contributed by atoms with Gasteiger partial charge in [0, 0.05) is 12.2 Å². The first-order chi connectivity index (χ1) is 6.63. The molecule has 0 saturated heterocycles. The van der Waals surface area contributed by atoms with Crippen molar-refractivity contribution in [3.05, 3.63) is 29.0 Å². The van der Waals surface area contributed by atoms with Crippen LogP contribution in [0.5, 0.6) is 0 Å². The Morgan fingerprint density at radius 3 is 2.86 bits per heavy atom. The number of aliphatic hydroxyl groups is 1. The average Bonchev–Trinajstić information content (AvgIpc) is 2.19. The molecule has 0 spiro atoms. The lowest BCUT2D eigenvalue weighted by molar-refractivity contribution is 0.183. The largest absolute Gasteiger partial charge is 0.391 e. The molecule has 0 fully saturated rings. The van der Waals surface area contributed by atoms with Crippen LogP contribution in [0.25, 0.3) is 0 Å². The SMILES string of the molecule is CC[C@@H](O)CNc1ccc(F)c(Cl)c1. The summed E-state index contributed by atoms with van der Waals surface area (Å²) >= 11 is 5.59. The molecule has 0 bridgehead atoms. The van der Waals surface area contributed by atoms with E-state index in [0.29, 0.717) is 18.7 Å². The number of halogens is 2. The molecule has 0 aromatic heterocycles. The molecule has 0 aliphatic rings. The van der Waals surface area contributed by atoms with E-state index in [0.717, 1.165) is 0 Å². The Labute approximate surface area is 87.7 Å². The number of anilines is 1. The van der Waals surface area contributed by atoms with Crippen molar-refractivity contribution in [2.24, 2.45) is 0 Å². The molecule has 2 nitrogen and oxygen atoms in total. The van der Waals surface area contributed by atoms with E-state index in [1.807, 2.05) is 6.92 Å². The lowest BCUT2D eigenvalue weighted by atomic mass is 10.2. The summed E-state index contributed by atoms with van der Waals surface area (Å²) < 4.78 is 12.8. The molecule has 0 heterocycles. The van der Waals surface area contributed by atoms with Gasteiger partial charge in [0.1, 0.15) is 5.82 Å². The van der Waals surface area contributed by atoms with Crippen LogP contribution in [0.4, 0.5) is 10.1 Å². The third-order valence-electron chi connectivity index (χ3n) is 1.93. The number of hydrogen-bond donors (Lipinski definition) is 2. The van der Waals surface area contributed by atoms with Crippen molar-refractivity contribution in [1.82, 2.24) is 0 Å². The average molecular weight is 218 g/mol. The van der Waals surface area contributed by atoms with Gasteiger partial charge in [0.25, 0.3) is 0 Å². The Morgan fingerprint density at radius 1 is 1.57 bits per heavy atom. The van der Waals surface area contributed by atoms with Crippen LogP contribution in [-0.2, 0) is 0 Å². The highest BCUT2D eigenvalue weighted by molar-refractivity contribution is 6.31. The van der Waals surface area contributed by atoms with Crippen LogP contribution in [0.1, 0.15) is 13.3 Å². The van der Waals surface area contributed by atoms with Crippen LogP contribution >= 0.6 is 11.6 Å². The van der Waals surface area contributed by atoms with Crippen LogP contribution < -0.4 is 5.32 Å². The van der Waals surface area contributed by atoms with Crippen molar-refractivity contribution in [3.63, 3.8) is 0 Å². The van der Waals surface area contributed by atoms with Gasteiger partial charge in [-0.15, -0.1) is 0 Å². The van der Waals surface area contributed by atoms with Crippen LogP contribution in [0.15, 0.2) is 18.2 Å². The molecule has 1 aromatic carbocycles. The van der Waals surface area contributed by atoms with Gasteiger partial charge in [-0.05, 0) is 24.6 Å². The fourth-order valence-corrected chi connectivity index (χ4v) is 1.17. The standard InChI is InChI=1S/C10H13ClFNO/c1-2-8(14)6-13-7-3-4-10(12)9(11)5-7/h3-5,8,13-14H,2,6H2,1H3/t8-/m1/s1. The second kappa shape index (κ2) is 5.17. The van der Waals surface area contributed by atoms with Gasteiger partial charge >= 0.3 is 0 Å². The highest BCUT2D eigenvalue weighted by atomic mass is 35.5. The summed E-state index contributed by atoms with van der Waals surface area (Å²) in [5.74, 6) is -0.437. The van der Waals surface area contributed by atoms with Gasteiger partial charge in [-0.2, -0.15) is 0 Å². The van der Waals surface area contributed by atoms with E-state index in [-0.39, 0.29) is 11.1 Å². The summed E-state index contributed by atoms with van der Waals surface area (Å²) in [5.41, 5.74) is 0.712. The third kappa shape index (κ3) is 3.16. The van der Waals surface area contributed by atoms with Crippen molar-refractivity contribution in [3.8, 4) is 0 Å². The van der Waals surface area contributed by atoms with Crippen LogP contribution in [0.2, 0.25) is 5.02 Å². The molecular formula is C10H13ClFNO. The van der Waals surface area contributed by atoms with Crippen molar-refractivity contribution >= 4 is 17.3 Å². The maximum Gasteiger partial charge on any atom is 0.141 e. The highest BCUT2D eigenvalue weighted by Gasteiger charge is 2.02. The molecule has 1 aromatic rings. The molecule has 0 unspecified atom stereocenters. The van der Waals surface area contributed by atoms with Crippen molar-refractivity contribution in [1.29, 1.82) is 0 Å². The van der Waals surface area contributed by atoms with Crippen molar-refractivity contribution in [2.45, 2.75) is 19.4 Å². The van der Waals surface area contributed by atoms with E-state index < -0.39 is 5.82 Å². The van der Waals surface area contributed by atoms with Gasteiger partial charge < -0.3 is 10.4 Å². The molecule has 0 amide bonds. The smallest absolute Gasteiger partial charge is 0.141 e. The normalized spacial score (nSPS) is 12.6. The third-order valence-corrected chi connectivity index (χ3v) is 2.22. The number of rotatable bonds is 4. The van der Waals surface area contributed by atoms with E-state index >= 15 is 0 Å². The van der Waals surface area contributed by atoms with E-state index in [1.54, 1.807) is 6.07 Å². The highest BCUT2D eigenvalue weighted by Crippen LogP contribution is 2.19. The zero-order valence-electron chi connectivity index (χ0n) is 7.93. The first kappa shape index (κ1) is 11.3. The molecule has 1 rings (SSSR count). The summed E-state index contributed by atoms with van der Waals surface area (Å²) in [5, 5.41) is 12.3. The molecule has 78 valence electrons. The first-order valence-electron chi connectivity index (χ1n) is 4.50. The Kier molecular flexibility index (Phi) is 4.17. The van der Waals surface area contributed by atoms with E-state index in [2.05, 4.69) is 5.32 Å². The molecule has 2 N–H and O–H groups in total. The Balaban J connectivity index is 2.55. The van der Waals surface area contributed by atoms with Crippen LogP contribution in [0.3, 0.4) is 0 Å². The first-order valence-corrected chi connectivity index (χ1v) is 4.88. The predicted molar refractivity (Wildman–Crippen MR) is 56.2 cm³/mol. The van der Waals surface area contributed by atoms with Gasteiger partial charge in [0.2, 0.25) is 0 Å². The zero-order chi connectivity index (χ0) is 10.6. The summed E-state index contributed by atoms with van der Waals surface area (Å²) in [7, 11) is 0. The monoisotopic (exact) mass is 217 g/mol. The lowest BCUT2D eigenvalue weighted by Crippen LogP contribution is -2.18. The molecule has 0 aliphatic heterocycles. The molecule has 0 aliphatic carbocycles. The van der Waals surface area contributed by atoms with E-state index in [1.165, 1.54) is 12.1 Å². The number of aliphatic hydroxyl groups excluding tert-OH is 1. The lowest BCUT2D eigenvalue weighted by Gasteiger charge is -2.10. The van der Waals surface area contributed by atoms with Crippen molar-refractivity contribution < 1.29 is 9.50 Å². The second-order valence-electron chi connectivity index (χ2n) is 3.07. The topological polar surface area (TPSA) is 32.3 Å². The Morgan fingerprint density at radius 2 is 2.29 bits per heavy atom. The van der Waals surface area contributed by atoms with Crippen molar-refractivity contribution in [2.75, 3.05) is 11.9 Å². The van der Waals surface area contributed by atoms with Crippen LogP contribution in [0, 0.1) is 5.82 Å². The predicted octanol–water partition coefficient (Wildman–Crippen LogP) is 2.66. The number of benzene rings is 1. The molecule has 0 saturated carbocycles. The van der Waals surface area contributed by atoms with Gasteiger partial charge in [-0.3, -0.25) is 0 Å². The van der Waals surface area contributed by atoms with Gasteiger partial charge in [-0.1, -0.05) is 18.5 Å². The summed E-state index contributed by atoms with van der Waals surface area (Å²) in [6.45, 7) is 2.34. The quantitative estimate of drug-likeness (QED) is 0.813. The molecule has 1 atom stereocenters. The fraction of sp³-hybridized carbons (Fsp3) is 0.400. The zero-order valence-corrected chi connectivity index (χ0v) is 8.68. The molecular weight excluding hydrogens is 205 g/mol. The minimum absolute atomic E-state index is 0.0842. The second-order valence-corrected chi connectivity index (χ2v) is 3.48. The summed E-state index contributed by atoms with van der Waals surface area (Å²) in [6, 6.07) is 4.38. The Bertz CT molecular complexity index is 306. The minimum Gasteiger partial charge on any atom is -0.391 e.